The van der Waals surface area contributed by atoms with Crippen molar-refractivity contribution in [3.63, 3.8) is 0 Å². The van der Waals surface area contributed by atoms with Crippen molar-refractivity contribution in [2.45, 2.75) is 25.8 Å². The highest BCUT2D eigenvalue weighted by molar-refractivity contribution is 6.30. The van der Waals surface area contributed by atoms with Crippen LogP contribution in [-0.4, -0.2) is 64.2 Å². The zero-order chi connectivity index (χ0) is 27.7. The maximum Gasteiger partial charge on any atom is 0.335 e. The topological polar surface area (TPSA) is 136 Å². The van der Waals surface area contributed by atoms with Gasteiger partial charge >= 0.3 is 5.97 Å². The molecule has 2 aromatic heterocycles. The van der Waals surface area contributed by atoms with E-state index in [9.17, 15) is 14.4 Å². The van der Waals surface area contributed by atoms with Gasteiger partial charge in [-0.2, -0.15) is 9.78 Å². The minimum atomic E-state index is -1.04. The number of carbonyl (C=O) groups is 3. The van der Waals surface area contributed by atoms with Crippen molar-refractivity contribution < 1.29 is 19.5 Å². The number of carbonyl (C=O) groups excluding carboxylic acids is 2. The zero-order valence-electron chi connectivity index (χ0n) is 21.2. The van der Waals surface area contributed by atoms with E-state index in [0.717, 1.165) is 11.3 Å². The number of aromatic nitrogens is 6. The summed E-state index contributed by atoms with van der Waals surface area (Å²) >= 11 is 6.21. The number of tetrazole rings is 1. The van der Waals surface area contributed by atoms with Gasteiger partial charge in [0, 0.05) is 47.9 Å². The summed E-state index contributed by atoms with van der Waals surface area (Å²) in [4.78, 5) is 40.0. The summed E-state index contributed by atoms with van der Waals surface area (Å²) in [5, 5.41) is 25.5. The summed E-state index contributed by atoms with van der Waals surface area (Å²) in [6, 6.07) is 10.4. The third-order valence-electron chi connectivity index (χ3n) is 6.82. The molecule has 5 rings (SSSR count). The minimum Gasteiger partial charge on any atom is -0.478 e. The maximum absolute atomic E-state index is 13.7. The van der Waals surface area contributed by atoms with Crippen molar-refractivity contribution in [2.24, 2.45) is 7.05 Å². The molecule has 12 heteroatoms. The van der Waals surface area contributed by atoms with Gasteiger partial charge in [0.05, 0.1) is 16.9 Å². The number of ketones is 1. The van der Waals surface area contributed by atoms with Crippen molar-refractivity contribution in [3.8, 4) is 5.69 Å². The number of Topliss-reactive ketones (excluding diaryl/α,β-unsaturated/α-hetero) is 1. The quantitative estimate of drug-likeness (QED) is 0.350. The molecule has 1 aliphatic rings. The van der Waals surface area contributed by atoms with Gasteiger partial charge in [0.2, 0.25) is 5.91 Å². The molecule has 3 heterocycles. The van der Waals surface area contributed by atoms with Gasteiger partial charge < -0.3 is 10.0 Å². The lowest BCUT2D eigenvalue weighted by atomic mass is 9.92. The molecule has 11 nitrogen and oxygen atoms in total. The van der Waals surface area contributed by atoms with Gasteiger partial charge in [0.1, 0.15) is 12.4 Å². The Morgan fingerprint density at radius 3 is 2.62 bits per heavy atom. The van der Waals surface area contributed by atoms with E-state index in [-0.39, 0.29) is 23.7 Å². The Balaban J connectivity index is 1.45. The van der Waals surface area contributed by atoms with E-state index < -0.39 is 12.0 Å². The Labute approximate surface area is 228 Å². The number of carboxylic acids is 1. The monoisotopic (exact) mass is 545 g/mol. The average Bonchev–Trinajstić information content (AvgIpc) is 3.55. The highest BCUT2D eigenvalue weighted by Crippen LogP contribution is 2.33. The van der Waals surface area contributed by atoms with E-state index in [1.54, 1.807) is 41.1 Å². The normalized spacial score (nSPS) is 14.9. The molecular weight excluding hydrogens is 522 g/mol. The van der Waals surface area contributed by atoms with E-state index in [1.165, 1.54) is 34.1 Å². The van der Waals surface area contributed by atoms with E-state index >= 15 is 0 Å². The third-order valence-corrected chi connectivity index (χ3v) is 7.06. The van der Waals surface area contributed by atoms with Gasteiger partial charge in [-0.1, -0.05) is 23.7 Å². The van der Waals surface area contributed by atoms with E-state index in [0.29, 0.717) is 40.5 Å². The Morgan fingerprint density at radius 1 is 1.15 bits per heavy atom. The number of hydrogen-bond acceptors (Lipinski definition) is 7. The molecule has 1 N–H and O–H groups in total. The Morgan fingerprint density at radius 2 is 1.92 bits per heavy atom. The molecule has 0 aliphatic carbocycles. The molecule has 0 bridgehead atoms. The van der Waals surface area contributed by atoms with Crippen molar-refractivity contribution in [1.82, 2.24) is 34.9 Å². The molecular formula is C27H24ClN7O4. The fourth-order valence-corrected chi connectivity index (χ4v) is 4.92. The Kier molecular flexibility index (Phi) is 7.07. The van der Waals surface area contributed by atoms with E-state index in [2.05, 4.69) is 20.6 Å². The fraction of sp³-hybridized carbons (Fsp3) is 0.222. The largest absolute Gasteiger partial charge is 0.478 e. The van der Waals surface area contributed by atoms with Gasteiger partial charge in [-0.25, -0.2) is 4.79 Å². The molecule has 4 aromatic rings. The molecule has 1 unspecified atom stereocenters. The van der Waals surface area contributed by atoms with E-state index in [1.807, 2.05) is 14.0 Å². The second-order valence-electron chi connectivity index (χ2n) is 9.19. The van der Waals surface area contributed by atoms with E-state index in [4.69, 9.17) is 16.7 Å². The summed E-state index contributed by atoms with van der Waals surface area (Å²) in [5.74, 6) is -1.61. The molecule has 1 atom stereocenters. The second kappa shape index (κ2) is 10.6. The number of hydrogen-bond donors (Lipinski definition) is 1. The van der Waals surface area contributed by atoms with Gasteiger partial charge in [-0.15, -0.1) is 5.10 Å². The summed E-state index contributed by atoms with van der Waals surface area (Å²) in [7, 11) is 1.81. The van der Waals surface area contributed by atoms with Crippen LogP contribution >= 0.6 is 11.6 Å². The number of halogens is 1. The number of nitrogens with zero attached hydrogens (tertiary/aromatic N) is 7. The average molecular weight is 546 g/mol. The summed E-state index contributed by atoms with van der Waals surface area (Å²) in [6.45, 7) is 2.28. The van der Waals surface area contributed by atoms with Crippen LogP contribution < -0.4 is 0 Å². The van der Waals surface area contributed by atoms with Crippen LogP contribution in [0, 0.1) is 6.92 Å². The van der Waals surface area contributed by atoms with Crippen LogP contribution in [0.5, 0.6) is 0 Å². The van der Waals surface area contributed by atoms with Crippen LogP contribution in [0.15, 0.2) is 54.9 Å². The molecule has 0 spiro atoms. The highest BCUT2D eigenvalue weighted by Gasteiger charge is 2.38. The molecule has 0 saturated heterocycles. The lowest BCUT2D eigenvalue weighted by Gasteiger charge is -2.33. The lowest BCUT2D eigenvalue weighted by molar-refractivity contribution is -0.136. The Bertz CT molecular complexity index is 1590. The van der Waals surface area contributed by atoms with Gasteiger partial charge in [0.25, 0.3) is 0 Å². The summed E-state index contributed by atoms with van der Waals surface area (Å²) < 4.78 is 3.19. The van der Waals surface area contributed by atoms with Crippen LogP contribution in [0.2, 0.25) is 5.02 Å². The number of rotatable bonds is 7. The molecule has 198 valence electrons. The SMILES string of the molecule is Cc1c2c(nn1C)C(C(=O)Cc1ccc(C(=O)O)cc1)N(C(=O)/C=C/c1cc(Cl)ccc1-n1cnnn1)CC2. The van der Waals surface area contributed by atoms with Crippen LogP contribution in [0.4, 0.5) is 0 Å². The molecule has 1 amide bonds. The molecule has 39 heavy (non-hydrogen) atoms. The number of aryl methyl sites for hydroxylation is 1. The number of amides is 1. The third kappa shape index (κ3) is 5.21. The molecule has 0 radical (unpaired) electrons. The highest BCUT2D eigenvalue weighted by atomic mass is 35.5. The van der Waals surface area contributed by atoms with Gasteiger partial charge in [-0.3, -0.25) is 14.3 Å². The van der Waals surface area contributed by atoms with Crippen molar-refractivity contribution >= 4 is 35.3 Å². The standard InChI is InChI=1S/C27H24ClN7O4/c1-16-21-11-12-34(24(37)10-7-19-14-20(28)8-9-22(19)35-15-29-31-32-35)26(25(21)30-33(16)2)23(36)13-17-3-5-18(6-4-17)27(38)39/h3-10,14-15,26H,11-13H2,1-2H3,(H,38,39)/b10-7+. The number of carboxylic acid groups (broad SMARTS) is 1. The first-order valence-electron chi connectivity index (χ1n) is 12.1. The van der Waals surface area contributed by atoms with Crippen LogP contribution in [0.1, 0.15) is 44.5 Å². The van der Waals surface area contributed by atoms with Crippen molar-refractivity contribution in [2.75, 3.05) is 6.54 Å². The summed E-state index contributed by atoms with van der Waals surface area (Å²) in [5.41, 5.74) is 4.51. The lowest BCUT2D eigenvalue weighted by Crippen LogP contribution is -2.43. The first-order valence-corrected chi connectivity index (χ1v) is 12.5. The molecule has 1 aliphatic heterocycles. The fourth-order valence-electron chi connectivity index (χ4n) is 4.74. The predicted octanol–water partition coefficient (Wildman–Crippen LogP) is 3.01. The first kappa shape index (κ1) is 26.0. The van der Waals surface area contributed by atoms with Gasteiger partial charge in [-0.05, 0) is 65.7 Å². The number of aromatic carboxylic acids is 1. The van der Waals surface area contributed by atoms with Gasteiger partial charge in [0.15, 0.2) is 5.78 Å². The smallest absolute Gasteiger partial charge is 0.335 e. The predicted molar refractivity (Wildman–Crippen MR) is 141 cm³/mol. The number of benzene rings is 2. The summed E-state index contributed by atoms with van der Waals surface area (Å²) in [6.07, 6.45) is 5.05. The van der Waals surface area contributed by atoms with Crippen molar-refractivity contribution in [3.05, 3.63) is 93.5 Å². The second-order valence-corrected chi connectivity index (χ2v) is 9.63. The number of fused-ring (bicyclic) bond motifs is 1. The molecule has 2 aromatic carbocycles. The minimum absolute atomic E-state index is 0.0187. The van der Waals surface area contributed by atoms with Crippen molar-refractivity contribution in [1.29, 1.82) is 0 Å². The first-order chi connectivity index (χ1) is 18.7. The maximum atomic E-state index is 13.7. The van der Waals surface area contributed by atoms with Crippen LogP contribution in [0.25, 0.3) is 11.8 Å². The molecule has 0 saturated carbocycles. The Hall–Kier alpha value is -4.64. The van der Waals surface area contributed by atoms with Crippen LogP contribution in [-0.2, 0) is 29.5 Å². The molecule has 0 fully saturated rings. The van der Waals surface area contributed by atoms with Crippen LogP contribution in [0.3, 0.4) is 0 Å². The zero-order valence-corrected chi connectivity index (χ0v) is 21.9.